The zero-order valence-electron chi connectivity index (χ0n) is 10.1. The number of rotatable bonds is 5. The van der Waals surface area contributed by atoms with Crippen LogP contribution in [0, 0.1) is 17.6 Å². The maximum absolute atomic E-state index is 12.9. The zero-order chi connectivity index (χ0) is 12.1. The minimum absolute atomic E-state index is 0.364. The topological polar surface area (TPSA) is 12.0 Å². The molecule has 16 heavy (non-hydrogen) atoms. The Morgan fingerprint density at radius 2 is 1.62 bits per heavy atom. The first-order chi connectivity index (χ1) is 7.47. The molecule has 0 heterocycles. The van der Waals surface area contributed by atoms with Crippen molar-refractivity contribution in [3.8, 4) is 0 Å². The highest BCUT2D eigenvalue weighted by atomic mass is 19.1. The molecule has 3 heteroatoms. The number of hydrogen-bond acceptors (Lipinski definition) is 1. The van der Waals surface area contributed by atoms with Crippen molar-refractivity contribution in [3.05, 3.63) is 35.4 Å². The second-order valence-electron chi connectivity index (χ2n) is 4.65. The van der Waals surface area contributed by atoms with E-state index >= 15 is 0 Å². The first-order valence-corrected chi connectivity index (χ1v) is 5.65. The van der Waals surface area contributed by atoms with E-state index in [2.05, 4.69) is 26.1 Å². The van der Waals surface area contributed by atoms with Crippen LogP contribution in [0.5, 0.6) is 0 Å². The highest BCUT2D eigenvalue weighted by Crippen LogP contribution is 2.12. The Hall–Kier alpha value is -0.960. The van der Waals surface area contributed by atoms with Crippen LogP contribution in [0.2, 0.25) is 0 Å². The lowest BCUT2D eigenvalue weighted by Gasteiger charge is -2.15. The number of halogens is 2. The van der Waals surface area contributed by atoms with Crippen LogP contribution in [-0.2, 0) is 6.42 Å². The average molecular weight is 227 g/mol. The minimum atomic E-state index is -0.501. The monoisotopic (exact) mass is 227 g/mol. The van der Waals surface area contributed by atoms with Crippen LogP contribution < -0.4 is 5.32 Å². The molecule has 1 aromatic carbocycles. The fourth-order valence-corrected chi connectivity index (χ4v) is 1.64. The van der Waals surface area contributed by atoms with Gasteiger partial charge in [-0.1, -0.05) is 20.8 Å². The van der Waals surface area contributed by atoms with Crippen molar-refractivity contribution >= 4 is 0 Å². The molecule has 0 radical (unpaired) electrons. The second kappa shape index (κ2) is 5.94. The van der Waals surface area contributed by atoms with E-state index in [9.17, 15) is 8.78 Å². The fraction of sp³-hybridized carbons (Fsp3) is 0.538. The normalized spacial score (nSPS) is 13.1. The Balaban J connectivity index is 2.52. The first kappa shape index (κ1) is 13.1. The van der Waals surface area contributed by atoms with Gasteiger partial charge in [0.25, 0.3) is 0 Å². The van der Waals surface area contributed by atoms with Gasteiger partial charge in [0.15, 0.2) is 0 Å². The molecule has 1 unspecified atom stereocenters. The molecule has 0 aliphatic rings. The van der Waals surface area contributed by atoms with Crippen molar-refractivity contribution in [2.24, 2.45) is 5.92 Å². The van der Waals surface area contributed by atoms with Gasteiger partial charge < -0.3 is 5.32 Å². The fourth-order valence-electron chi connectivity index (χ4n) is 1.64. The second-order valence-corrected chi connectivity index (χ2v) is 4.65. The molecule has 0 saturated carbocycles. The van der Waals surface area contributed by atoms with E-state index in [-0.39, 0.29) is 0 Å². The predicted molar refractivity (Wildman–Crippen MR) is 62.4 cm³/mol. The lowest BCUT2D eigenvalue weighted by molar-refractivity contribution is 0.473. The van der Waals surface area contributed by atoms with E-state index in [4.69, 9.17) is 0 Å². The van der Waals surface area contributed by atoms with Crippen molar-refractivity contribution in [2.75, 3.05) is 6.54 Å². The molecule has 1 aromatic rings. The Labute approximate surface area is 95.9 Å². The van der Waals surface area contributed by atoms with Crippen LogP contribution in [0.3, 0.4) is 0 Å². The van der Waals surface area contributed by atoms with Crippen LogP contribution >= 0.6 is 0 Å². The molecule has 0 fully saturated rings. The lowest BCUT2D eigenvalue weighted by atomic mass is 10.0. The van der Waals surface area contributed by atoms with Crippen molar-refractivity contribution in [3.63, 3.8) is 0 Å². The zero-order valence-corrected chi connectivity index (χ0v) is 10.1. The van der Waals surface area contributed by atoms with E-state index in [1.165, 1.54) is 12.1 Å². The molecule has 1 atom stereocenters. The molecule has 0 amide bonds. The van der Waals surface area contributed by atoms with Gasteiger partial charge in [0.05, 0.1) is 0 Å². The van der Waals surface area contributed by atoms with E-state index < -0.39 is 11.6 Å². The van der Waals surface area contributed by atoms with E-state index in [0.717, 1.165) is 18.2 Å². The predicted octanol–water partition coefficient (Wildman–Crippen LogP) is 3.14. The number of hydrogen-bond donors (Lipinski definition) is 1. The summed E-state index contributed by atoms with van der Waals surface area (Å²) >= 11 is 0. The number of nitrogens with one attached hydrogen (secondary N) is 1. The minimum Gasteiger partial charge on any atom is -0.314 e. The third-order valence-corrected chi connectivity index (χ3v) is 2.38. The van der Waals surface area contributed by atoms with E-state index in [1.54, 1.807) is 0 Å². The van der Waals surface area contributed by atoms with E-state index in [0.29, 0.717) is 18.4 Å². The standard InChI is InChI=1S/C13H19F2N/c1-9(2)16-8-10(3)4-11-5-12(14)7-13(15)6-11/h5-7,9-10,16H,4,8H2,1-3H3. The Morgan fingerprint density at radius 3 is 2.12 bits per heavy atom. The maximum Gasteiger partial charge on any atom is 0.126 e. The molecule has 0 bridgehead atoms. The molecule has 0 spiro atoms. The van der Waals surface area contributed by atoms with Crippen molar-refractivity contribution in [2.45, 2.75) is 33.2 Å². The molecule has 1 rings (SSSR count). The molecule has 1 N–H and O–H groups in total. The van der Waals surface area contributed by atoms with Gasteiger partial charge in [0.2, 0.25) is 0 Å². The van der Waals surface area contributed by atoms with Gasteiger partial charge in [0.1, 0.15) is 11.6 Å². The summed E-state index contributed by atoms with van der Waals surface area (Å²) in [6.45, 7) is 7.08. The van der Waals surface area contributed by atoms with Crippen molar-refractivity contribution < 1.29 is 8.78 Å². The van der Waals surface area contributed by atoms with Crippen LogP contribution in [0.25, 0.3) is 0 Å². The van der Waals surface area contributed by atoms with Gasteiger partial charge in [-0.15, -0.1) is 0 Å². The van der Waals surface area contributed by atoms with Crippen molar-refractivity contribution in [1.82, 2.24) is 5.32 Å². The SMILES string of the molecule is CC(CNC(C)C)Cc1cc(F)cc(F)c1. The summed E-state index contributed by atoms with van der Waals surface area (Å²) in [6.07, 6.45) is 0.689. The molecule has 0 aromatic heterocycles. The summed E-state index contributed by atoms with van der Waals surface area (Å²) in [5.41, 5.74) is 0.718. The van der Waals surface area contributed by atoms with Gasteiger partial charge in [-0.2, -0.15) is 0 Å². The first-order valence-electron chi connectivity index (χ1n) is 5.65. The summed E-state index contributed by atoms with van der Waals surface area (Å²) < 4.78 is 25.9. The molecule has 0 aliphatic heterocycles. The third kappa shape index (κ3) is 4.71. The lowest BCUT2D eigenvalue weighted by Crippen LogP contribution is -2.28. The quantitative estimate of drug-likeness (QED) is 0.814. The maximum atomic E-state index is 12.9. The highest BCUT2D eigenvalue weighted by Gasteiger charge is 2.07. The van der Waals surface area contributed by atoms with Crippen LogP contribution in [0.1, 0.15) is 26.3 Å². The summed E-state index contributed by atoms with van der Waals surface area (Å²) in [6, 6.07) is 4.14. The Morgan fingerprint density at radius 1 is 1.06 bits per heavy atom. The molecule has 1 nitrogen and oxygen atoms in total. The third-order valence-electron chi connectivity index (χ3n) is 2.38. The Kier molecular flexibility index (Phi) is 4.87. The van der Waals surface area contributed by atoms with Gasteiger partial charge >= 0.3 is 0 Å². The Bertz CT molecular complexity index is 316. The summed E-state index contributed by atoms with van der Waals surface area (Å²) in [5.74, 6) is -0.637. The van der Waals surface area contributed by atoms with Crippen LogP contribution in [0.15, 0.2) is 18.2 Å². The summed E-state index contributed by atoms with van der Waals surface area (Å²) in [7, 11) is 0. The van der Waals surface area contributed by atoms with Crippen LogP contribution in [-0.4, -0.2) is 12.6 Å². The molecule has 0 aliphatic carbocycles. The highest BCUT2D eigenvalue weighted by molar-refractivity contribution is 5.18. The molecular weight excluding hydrogens is 208 g/mol. The number of benzene rings is 1. The van der Waals surface area contributed by atoms with Crippen LogP contribution in [0.4, 0.5) is 8.78 Å². The summed E-state index contributed by atoms with van der Waals surface area (Å²) in [5, 5.41) is 3.31. The van der Waals surface area contributed by atoms with Gasteiger partial charge in [0, 0.05) is 12.1 Å². The van der Waals surface area contributed by atoms with Gasteiger partial charge in [-0.3, -0.25) is 0 Å². The van der Waals surface area contributed by atoms with E-state index in [1.807, 2.05) is 0 Å². The van der Waals surface area contributed by atoms with Gasteiger partial charge in [-0.05, 0) is 36.6 Å². The summed E-state index contributed by atoms with van der Waals surface area (Å²) in [4.78, 5) is 0. The molecule has 0 saturated heterocycles. The van der Waals surface area contributed by atoms with Gasteiger partial charge in [-0.25, -0.2) is 8.78 Å². The average Bonchev–Trinajstić information content (AvgIpc) is 2.12. The van der Waals surface area contributed by atoms with Crippen molar-refractivity contribution in [1.29, 1.82) is 0 Å². The smallest absolute Gasteiger partial charge is 0.126 e. The molecular formula is C13H19F2N. The largest absolute Gasteiger partial charge is 0.314 e. The molecule has 90 valence electrons.